The summed E-state index contributed by atoms with van der Waals surface area (Å²) in [7, 11) is 0. The van der Waals surface area contributed by atoms with Crippen LogP contribution in [-0.4, -0.2) is 56.9 Å². The molecule has 2 fully saturated rings. The zero-order chi connectivity index (χ0) is 20.1. The van der Waals surface area contributed by atoms with E-state index in [0.717, 1.165) is 10.6 Å². The van der Waals surface area contributed by atoms with Crippen LogP contribution in [0.15, 0.2) is 30.4 Å². The maximum absolute atomic E-state index is 12.7. The highest BCUT2D eigenvalue weighted by Crippen LogP contribution is 2.53. The molecular weight excluding hydrogens is 366 g/mol. The summed E-state index contributed by atoms with van der Waals surface area (Å²) < 4.78 is 5.92. The molecule has 0 radical (unpaired) electrons. The lowest BCUT2D eigenvalue weighted by Crippen LogP contribution is -2.42. The van der Waals surface area contributed by atoms with Gasteiger partial charge in [-0.2, -0.15) is 0 Å². The van der Waals surface area contributed by atoms with Crippen molar-refractivity contribution < 1.29 is 29.0 Å². The second kappa shape index (κ2) is 6.52. The van der Waals surface area contributed by atoms with E-state index in [1.807, 2.05) is 13.0 Å². The standard InChI is InChI=1S/C19H19N3O6/c1-10-3-2-4-12(20-10)21-13(23)6-8-19-7-5-11(28-19)15-16(19)18(27)22(17(15)26)9-14(24)25/h2-5,7,11,15-16H,6,8-9H2,1H3,(H,24,25)(H,20,21,23)/t11-,15+,16-,19-/m0/s1. The van der Waals surface area contributed by atoms with Crippen LogP contribution in [0.25, 0.3) is 0 Å². The second-order valence-electron chi connectivity index (χ2n) is 7.27. The first kappa shape index (κ1) is 18.3. The van der Waals surface area contributed by atoms with Gasteiger partial charge in [0.05, 0.1) is 17.9 Å². The van der Waals surface area contributed by atoms with E-state index in [2.05, 4.69) is 10.3 Å². The van der Waals surface area contributed by atoms with Crippen molar-refractivity contribution >= 4 is 29.5 Å². The summed E-state index contributed by atoms with van der Waals surface area (Å²) in [5.74, 6) is -3.69. The largest absolute Gasteiger partial charge is 0.480 e. The van der Waals surface area contributed by atoms with Gasteiger partial charge in [0, 0.05) is 12.1 Å². The number of amides is 3. The lowest BCUT2D eigenvalue weighted by Gasteiger charge is -2.28. The molecule has 9 heteroatoms. The minimum absolute atomic E-state index is 0.0658. The highest BCUT2D eigenvalue weighted by Gasteiger charge is 2.67. The molecule has 1 aromatic rings. The van der Waals surface area contributed by atoms with Crippen molar-refractivity contribution in [3.05, 3.63) is 36.0 Å². The summed E-state index contributed by atoms with van der Waals surface area (Å²) in [6.45, 7) is 1.16. The SMILES string of the molecule is Cc1cccc(NC(=O)CC[C@]23C=C[C@H](O2)[C@H]2C(=O)N(CC(=O)O)C(=O)[C@H]23)n1. The van der Waals surface area contributed by atoms with Crippen molar-refractivity contribution in [1.29, 1.82) is 0 Å². The van der Waals surface area contributed by atoms with Gasteiger partial charge in [0.25, 0.3) is 0 Å². The molecule has 146 valence electrons. The Balaban J connectivity index is 1.47. The number of hydrogen-bond acceptors (Lipinski definition) is 6. The topological polar surface area (TPSA) is 126 Å². The zero-order valence-corrected chi connectivity index (χ0v) is 15.1. The number of carboxylic acid groups (broad SMARTS) is 1. The van der Waals surface area contributed by atoms with E-state index in [9.17, 15) is 19.2 Å². The highest BCUT2D eigenvalue weighted by molar-refractivity contribution is 6.08. The minimum atomic E-state index is -1.25. The van der Waals surface area contributed by atoms with E-state index in [0.29, 0.717) is 5.82 Å². The molecule has 3 aliphatic rings. The van der Waals surface area contributed by atoms with Gasteiger partial charge in [-0.1, -0.05) is 18.2 Å². The number of ether oxygens (including phenoxy) is 1. The lowest BCUT2D eigenvalue weighted by atomic mass is 9.75. The number of aromatic nitrogens is 1. The van der Waals surface area contributed by atoms with Crippen LogP contribution >= 0.6 is 0 Å². The van der Waals surface area contributed by atoms with Gasteiger partial charge in [0.1, 0.15) is 18.0 Å². The number of pyridine rings is 1. The summed E-state index contributed by atoms with van der Waals surface area (Å²) in [6, 6.07) is 5.28. The van der Waals surface area contributed by atoms with Crippen LogP contribution in [0.1, 0.15) is 18.5 Å². The van der Waals surface area contributed by atoms with Crippen molar-refractivity contribution in [2.24, 2.45) is 11.8 Å². The van der Waals surface area contributed by atoms with Gasteiger partial charge in [0.15, 0.2) is 0 Å². The molecule has 0 spiro atoms. The summed E-state index contributed by atoms with van der Waals surface area (Å²) in [4.78, 5) is 53.5. The summed E-state index contributed by atoms with van der Waals surface area (Å²) in [5, 5.41) is 11.7. The molecule has 4 atom stereocenters. The van der Waals surface area contributed by atoms with Crippen LogP contribution in [0.5, 0.6) is 0 Å². The van der Waals surface area contributed by atoms with Gasteiger partial charge in [-0.05, 0) is 25.5 Å². The molecule has 0 aromatic carbocycles. The third-order valence-electron chi connectivity index (χ3n) is 5.44. The predicted molar refractivity (Wildman–Crippen MR) is 94.9 cm³/mol. The van der Waals surface area contributed by atoms with Crippen LogP contribution in [0.2, 0.25) is 0 Å². The monoisotopic (exact) mass is 385 g/mol. The number of likely N-dealkylation sites (tertiary alicyclic amines) is 1. The first-order valence-electron chi connectivity index (χ1n) is 8.98. The molecule has 4 heterocycles. The van der Waals surface area contributed by atoms with Crippen LogP contribution in [0, 0.1) is 18.8 Å². The molecule has 0 unspecified atom stereocenters. The number of aryl methyl sites for hydroxylation is 1. The van der Waals surface area contributed by atoms with Crippen LogP contribution in [0.4, 0.5) is 5.82 Å². The summed E-state index contributed by atoms with van der Waals surface area (Å²) in [5.41, 5.74) is -0.291. The molecule has 2 N–H and O–H groups in total. The molecule has 0 saturated carbocycles. The van der Waals surface area contributed by atoms with E-state index in [1.54, 1.807) is 24.3 Å². The van der Waals surface area contributed by atoms with E-state index in [-0.39, 0.29) is 18.7 Å². The van der Waals surface area contributed by atoms with Crippen molar-refractivity contribution in [2.75, 3.05) is 11.9 Å². The van der Waals surface area contributed by atoms with Crippen molar-refractivity contribution in [2.45, 2.75) is 31.5 Å². The molecule has 3 aliphatic heterocycles. The van der Waals surface area contributed by atoms with Crippen LogP contribution in [-0.2, 0) is 23.9 Å². The number of hydrogen-bond donors (Lipinski definition) is 2. The van der Waals surface area contributed by atoms with E-state index >= 15 is 0 Å². The highest BCUT2D eigenvalue weighted by atomic mass is 16.5. The average molecular weight is 385 g/mol. The molecule has 3 amide bonds. The van der Waals surface area contributed by atoms with Gasteiger partial charge in [0.2, 0.25) is 17.7 Å². The summed E-state index contributed by atoms with van der Waals surface area (Å²) >= 11 is 0. The lowest BCUT2D eigenvalue weighted by molar-refractivity contribution is -0.152. The van der Waals surface area contributed by atoms with E-state index in [4.69, 9.17) is 9.84 Å². The van der Waals surface area contributed by atoms with Crippen molar-refractivity contribution in [3.63, 3.8) is 0 Å². The van der Waals surface area contributed by atoms with Gasteiger partial charge < -0.3 is 15.2 Å². The van der Waals surface area contributed by atoms with Crippen LogP contribution < -0.4 is 5.32 Å². The Morgan fingerprint density at radius 3 is 2.82 bits per heavy atom. The molecule has 2 saturated heterocycles. The normalized spacial score (nSPS) is 30.0. The first-order valence-corrected chi connectivity index (χ1v) is 8.98. The minimum Gasteiger partial charge on any atom is -0.480 e. The fraction of sp³-hybridized carbons (Fsp3) is 0.421. The molecule has 4 rings (SSSR count). The smallest absolute Gasteiger partial charge is 0.323 e. The Labute approximate surface area is 160 Å². The molecule has 28 heavy (non-hydrogen) atoms. The third kappa shape index (κ3) is 2.88. The number of aliphatic carboxylic acids is 1. The molecular formula is C19H19N3O6. The molecule has 9 nitrogen and oxygen atoms in total. The molecule has 1 aromatic heterocycles. The maximum Gasteiger partial charge on any atom is 0.323 e. The van der Waals surface area contributed by atoms with Gasteiger partial charge in [-0.25, -0.2) is 4.98 Å². The van der Waals surface area contributed by atoms with Gasteiger partial charge >= 0.3 is 5.97 Å². The number of rotatable bonds is 6. The van der Waals surface area contributed by atoms with Gasteiger partial charge in [-0.3, -0.25) is 24.1 Å². The quantitative estimate of drug-likeness (QED) is 0.539. The Morgan fingerprint density at radius 2 is 2.11 bits per heavy atom. The number of anilines is 1. The number of nitrogens with zero attached hydrogens (tertiary/aromatic N) is 2. The fourth-order valence-corrected chi connectivity index (χ4v) is 4.27. The maximum atomic E-state index is 12.7. The van der Waals surface area contributed by atoms with Crippen molar-refractivity contribution in [3.8, 4) is 0 Å². The number of carboxylic acids is 1. The van der Waals surface area contributed by atoms with Crippen molar-refractivity contribution in [1.82, 2.24) is 9.88 Å². The van der Waals surface area contributed by atoms with Gasteiger partial charge in [-0.15, -0.1) is 0 Å². The number of carbonyl (C=O) groups excluding carboxylic acids is 3. The van der Waals surface area contributed by atoms with E-state index in [1.165, 1.54) is 0 Å². The zero-order valence-electron chi connectivity index (χ0n) is 15.1. The molecule has 0 aliphatic carbocycles. The predicted octanol–water partition coefficient (Wildman–Crippen LogP) is 0.502. The summed E-state index contributed by atoms with van der Waals surface area (Å²) in [6.07, 6.45) is 3.15. The number of imide groups is 1. The van der Waals surface area contributed by atoms with E-state index < -0.39 is 47.9 Å². The van der Waals surface area contributed by atoms with Crippen LogP contribution in [0.3, 0.4) is 0 Å². The molecule has 2 bridgehead atoms. The Bertz CT molecular complexity index is 913. The number of nitrogens with one attached hydrogen (secondary N) is 1. The fourth-order valence-electron chi connectivity index (χ4n) is 4.27. The Kier molecular flexibility index (Phi) is 4.26. The number of carbonyl (C=O) groups is 4. The Morgan fingerprint density at radius 1 is 1.32 bits per heavy atom. The number of fused-ring (bicyclic) bond motifs is 5. The first-order chi connectivity index (χ1) is 13.3. The third-order valence-corrected chi connectivity index (χ3v) is 5.44. The Hall–Kier alpha value is -3.07. The average Bonchev–Trinajstić information content (AvgIpc) is 3.26. The second-order valence-corrected chi connectivity index (χ2v) is 7.27.